The monoisotopic (exact) mass is 545 g/mol. The average Bonchev–Trinajstić information content (AvgIpc) is 2.90. The number of amides is 2. The fourth-order valence-corrected chi connectivity index (χ4v) is 4.17. The fourth-order valence-electron chi connectivity index (χ4n) is 3.77. The fraction of sp³-hybridized carbons (Fsp3) is 0.148. The number of carbonyl (C=O) groups excluding carboxylic acids is 2. The highest BCUT2D eigenvalue weighted by atomic mass is 79.9. The third-order valence-electron chi connectivity index (χ3n) is 5.52. The van der Waals surface area contributed by atoms with Crippen molar-refractivity contribution in [3.8, 4) is 0 Å². The molecule has 0 spiro atoms. The molecular weight excluding hydrogens is 522 g/mol. The molecule has 1 unspecified atom stereocenters. The van der Waals surface area contributed by atoms with Crippen LogP contribution in [-0.4, -0.2) is 27.7 Å². The standard InChI is InChI=1S/C27H24BrN5O3/c1-2-9-22(18-12-8-13-19(28)16-18)30-33-27(36)24(29-25(34)17-10-4-3-5-11-17)23-20-14-6-7-15-21(20)26(35)32-31-23/h3-8,10-16,24H,2,9H2,1H3,(H,29,34)(H,32,35)(H,33,36). The second kappa shape index (κ2) is 11.5. The van der Waals surface area contributed by atoms with Gasteiger partial charge < -0.3 is 5.32 Å². The first-order valence-electron chi connectivity index (χ1n) is 11.4. The van der Waals surface area contributed by atoms with Crippen LogP contribution in [0.5, 0.6) is 0 Å². The number of hydrogen-bond acceptors (Lipinski definition) is 5. The summed E-state index contributed by atoms with van der Waals surface area (Å²) < 4.78 is 0.895. The molecule has 4 aromatic rings. The summed E-state index contributed by atoms with van der Waals surface area (Å²) in [6.45, 7) is 2.02. The number of nitrogens with one attached hydrogen (secondary N) is 3. The Hall–Kier alpha value is -4.11. The molecule has 4 rings (SSSR count). The van der Waals surface area contributed by atoms with Crippen molar-refractivity contribution < 1.29 is 9.59 Å². The van der Waals surface area contributed by atoms with E-state index in [0.717, 1.165) is 16.5 Å². The van der Waals surface area contributed by atoms with Crippen LogP contribution in [0.1, 0.15) is 47.4 Å². The molecule has 3 N–H and O–H groups in total. The van der Waals surface area contributed by atoms with Crippen molar-refractivity contribution in [2.24, 2.45) is 5.10 Å². The quantitative estimate of drug-likeness (QED) is 0.223. The minimum Gasteiger partial charge on any atom is -0.335 e. The summed E-state index contributed by atoms with van der Waals surface area (Å²) in [5, 5.41) is 14.5. The lowest BCUT2D eigenvalue weighted by atomic mass is 10.0. The Labute approximate surface area is 216 Å². The maximum atomic E-state index is 13.5. The van der Waals surface area contributed by atoms with Crippen LogP contribution in [0, 0.1) is 0 Å². The summed E-state index contributed by atoms with van der Waals surface area (Å²) in [4.78, 5) is 38.8. The van der Waals surface area contributed by atoms with Crippen LogP contribution in [-0.2, 0) is 4.79 Å². The zero-order valence-electron chi connectivity index (χ0n) is 19.5. The van der Waals surface area contributed by atoms with Gasteiger partial charge in [0.05, 0.1) is 11.1 Å². The van der Waals surface area contributed by atoms with E-state index in [4.69, 9.17) is 0 Å². The van der Waals surface area contributed by atoms with Gasteiger partial charge in [0.15, 0.2) is 6.04 Å². The topological polar surface area (TPSA) is 116 Å². The van der Waals surface area contributed by atoms with E-state index in [0.29, 0.717) is 28.5 Å². The summed E-state index contributed by atoms with van der Waals surface area (Å²) >= 11 is 3.47. The third kappa shape index (κ3) is 5.75. The number of fused-ring (bicyclic) bond motifs is 1. The van der Waals surface area contributed by atoms with Crippen LogP contribution in [0.3, 0.4) is 0 Å². The van der Waals surface area contributed by atoms with Crippen LogP contribution < -0.4 is 16.3 Å². The minimum atomic E-state index is -1.21. The molecule has 8 nitrogen and oxygen atoms in total. The number of benzene rings is 3. The first-order valence-corrected chi connectivity index (χ1v) is 12.2. The first kappa shape index (κ1) is 25.0. The van der Waals surface area contributed by atoms with E-state index in [-0.39, 0.29) is 11.3 Å². The van der Waals surface area contributed by atoms with Crippen LogP contribution in [0.2, 0.25) is 0 Å². The number of carbonyl (C=O) groups is 2. The van der Waals surface area contributed by atoms with E-state index >= 15 is 0 Å². The molecule has 0 radical (unpaired) electrons. The van der Waals surface area contributed by atoms with Crippen molar-refractivity contribution in [1.82, 2.24) is 20.9 Å². The lowest BCUT2D eigenvalue weighted by Crippen LogP contribution is -2.40. The largest absolute Gasteiger partial charge is 0.335 e. The molecule has 1 heterocycles. The SMILES string of the molecule is CCCC(=NNC(=O)C(NC(=O)c1ccccc1)c1n[nH]c(=O)c2ccccc12)c1cccc(Br)c1. The van der Waals surface area contributed by atoms with Gasteiger partial charge in [0.1, 0.15) is 5.69 Å². The molecule has 182 valence electrons. The maximum Gasteiger partial charge on any atom is 0.272 e. The van der Waals surface area contributed by atoms with Gasteiger partial charge in [0.2, 0.25) is 0 Å². The Morgan fingerprint density at radius 2 is 1.67 bits per heavy atom. The minimum absolute atomic E-state index is 0.210. The lowest BCUT2D eigenvalue weighted by molar-refractivity contribution is -0.123. The summed E-state index contributed by atoms with van der Waals surface area (Å²) in [5.74, 6) is -1.05. The van der Waals surface area contributed by atoms with Crippen molar-refractivity contribution in [2.75, 3.05) is 0 Å². The predicted octanol–water partition coefficient (Wildman–Crippen LogP) is 4.48. The Bertz CT molecular complexity index is 1480. The van der Waals surface area contributed by atoms with Gasteiger partial charge in [-0.3, -0.25) is 14.4 Å². The van der Waals surface area contributed by atoms with Crippen LogP contribution in [0.15, 0.2) is 93.2 Å². The number of H-pyrrole nitrogens is 1. The van der Waals surface area contributed by atoms with E-state index in [1.165, 1.54) is 0 Å². The van der Waals surface area contributed by atoms with Crippen molar-refractivity contribution in [1.29, 1.82) is 0 Å². The zero-order chi connectivity index (χ0) is 25.5. The molecule has 36 heavy (non-hydrogen) atoms. The predicted molar refractivity (Wildman–Crippen MR) is 143 cm³/mol. The highest BCUT2D eigenvalue weighted by Gasteiger charge is 2.27. The maximum absolute atomic E-state index is 13.5. The number of halogens is 1. The molecule has 1 atom stereocenters. The number of rotatable bonds is 8. The van der Waals surface area contributed by atoms with E-state index in [1.54, 1.807) is 54.6 Å². The summed E-state index contributed by atoms with van der Waals surface area (Å²) in [6.07, 6.45) is 1.46. The van der Waals surface area contributed by atoms with Gasteiger partial charge in [0, 0.05) is 15.4 Å². The van der Waals surface area contributed by atoms with Gasteiger partial charge in [-0.1, -0.05) is 77.8 Å². The molecule has 0 aliphatic rings. The molecule has 0 saturated carbocycles. The van der Waals surface area contributed by atoms with Gasteiger partial charge in [-0.15, -0.1) is 0 Å². The van der Waals surface area contributed by atoms with E-state index < -0.39 is 17.9 Å². The van der Waals surface area contributed by atoms with Crippen molar-refractivity contribution in [3.05, 3.63) is 111 Å². The van der Waals surface area contributed by atoms with E-state index in [2.05, 4.69) is 42.0 Å². The van der Waals surface area contributed by atoms with Gasteiger partial charge in [-0.25, -0.2) is 10.5 Å². The Kier molecular flexibility index (Phi) is 8.02. The molecule has 0 aliphatic heterocycles. The molecule has 0 aliphatic carbocycles. The van der Waals surface area contributed by atoms with Gasteiger partial charge in [-0.2, -0.15) is 10.2 Å². The first-order chi connectivity index (χ1) is 17.5. The Balaban J connectivity index is 1.72. The van der Waals surface area contributed by atoms with Crippen molar-refractivity contribution >= 4 is 44.2 Å². The highest BCUT2D eigenvalue weighted by molar-refractivity contribution is 9.10. The summed E-state index contributed by atoms with van der Waals surface area (Å²) in [6, 6.07) is 21.8. The molecule has 1 aromatic heterocycles. The molecular formula is C27H24BrN5O3. The zero-order valence-corrected chi connectivity index (χ0v) is 21.1. The number of aromatic nitrogens is 2. The lowest BCUT2D eigenvalue weighted by Gasteiger charge is -2.18. The highest BCUT2D eigenvalue weighted by Crippen LogP contribution is 2.21. The molecule has 0 fully saturated rings. The van der Waals surface area contributed by atoms with Gasteiger partial charge in [0.25, 0.3) is 17.4 Å². The van der Waals surface area contributed by atoms with Crippen LogP contribution >= 0.6 is 15.9 Å². The molecule has 9 heteroatoms. The van der Waals surface area contributed by atoms with Gasteiger partial charge in [-0.05, 0) is 42.3 Å². The van der Waals surface area contributed by atoms with Crippen LogP contribution in [0.4, 0.5) is 0 Å². The van der Waals surface area contributed by atoms with Crippen molar-refractivity contribution in [2.45, 2.75) is 25.8 Å². The number of nitrogens with zero attached hydrogens (tertiary/aromatic N) is 2. The molecule has 2 amide bonds. The van der Waals surface area contributed by atoms with Crippen molar-refractivity contribution in [3.63, 3.8) is 0 Å². The van der Waals surface area contributed by atoms with Gasteiger partial charge >= 0.3 is 0 Å². The number of hydrogen-bond donors (Lipinski definition) is 3. The third-order valence-corrected chi connectivity index (χ3v) is 6.01. The van der Waals surface area contributed by atoms with Crippen LogP contribution in [0.25, 0.3) is 10.8 Å². The number of hydrazone groups is 1. The molecule has 0 bridgehead atoms. The summed E-state index contributed by atoms with van der Waals surface area (Å²) in [7, 11) is 0. The normalized spacial score (nSPS) is 12.2. The second-order valence-electron chi connectivity index (χ2n) is 8.05. The van der Waals surface area contributed by atoms with E-state index in [9.17, 15) is 14.4 Å². The molecule has 3 aromatic carbocycles. The Morgan fingerprint density at radius 1 is 0.972 bits per heavy atom. The smallest absolute Gasteiger partial charge is 0.272 e. The van der Waals surface area contributed by atoms with E-state index in [1.807, 2.05) is 31.2 Å². The average molecular weight is 546 g/mol. The number of aromatic amines is 1. The molecule has 0 saturated heterocycles. The summed E-state index contributed by atoms with van der Waals surface area (Å²) in [5.41, 5.74) is 4.37. The Morgan fingerprint density at radius 3 is 2.39 bits per heavy atom. The second-order valence-corrected chi connectivity index (χ2v) is 8.97.